The zero-order valence-electron chi connectivity index (χ0n) is 10.9. The van der Waals surface area contributed by atoms with Crippen LogP contribution in [0.5, 0.6) is 0 Å². The smallest absolute Gasteiger partial charge is 0.335 e. The van der Waals surface area contributed by atoms with Gasteiger partial charge in [-0.3, -0.25) is 4.90 Å². The molecule has 1 N–H and O–H groups in total. The van der Waals surface area contributed by atoms with Crippen molar-refractivity contribution in [2.45, 2.75) is 25.5 Å². The summed E-state index contributed by atoms with van der Waals surface area (Å²) < 4.78 is 5.39. The van der Waals surface area contributed by atoms with Crippen LogP contribution >= 0.6 is 11.6 Å². The third-order valence-electron chi connectivity index (χ3n) is 3.49. The lowest BCUT2D eigenvalue weighted by molar-refractivity contribution is 0.0285. The molecule has 0 spiro atoms. The Bertz CT molecular complexity index is 464. The van der Waals surface area contributed by atoms with Crippen LogP contribution in [0, 0.1) is 0 Å². The molecule has 2 rings (SSSR count). The molecule has 1 atom stereocenters. The maximum atomic E-state index is 10.9. The number of piperidine rings is 1. The molecule has 19 heavy (non-hydrogen) atoms. The average Bonchev–Trinajstić information content (AvgIpc) is 2.41. The number of benzene rings is 1. The molecule has 1 aromatic rings. The molecule has 0 radical (unpaired) electrons. The first kappa shape index (κ1) is 14.3. The second-order valence-corrected chi connectivity index (χ2v) is 5.25. The Hall–Kier alpha value is -1.10. The second kappa shape index (κ2) is 6.37. The van der Waals surface area contributed by atoms with E-state index in [0.717, 1.165) is 38.0 Å². The van der Waals surface area contributed by atoms with E-state index in [4.69, 9.17) is 21.4 Å². The molecule has 0 aromatic heterocycles. The van der Waals surface area contributed by atoms with E-state index < -0.39 is 5.97 Å². The summed E-state index contributed by atoms with van der Waals surface area (Å²) in [6.45, 7) is 2.66. The van der Waals surface area contributed by atoms with Gasteiger partial charge >= 0.3 is 5.97 Å². The second-order valence-electron chi connectivity index (χ2n) is 4.85. The molecule has 104 valence electrons. The van der Waals surface area contributed by atoms with Gasteiger partial charge < -0.3 is 9.84 Å². The largest absolute Gasteiger partial charge is 0.478 e. The van der Waals surface area contributed by atoms with Crippen molar-refractivity contribution in [1.29, 1.82) is 0 Å². The van der Waals surface area contributed by atoms with Gasteiger partial charge in [-0.05, 0) is 37.1 Å². The number of hydrogen-bond acceptors (Lipinski definition) is 3. The topological polar surface area (TPSA) is 49.8 Å². The molecule has 1 aromatic carbocycles. The summed E-state index contributed by atoms with van der Waals surface area (Å²) in [5.74, 6) is -0.953. The molecule has 0 saturated carbocycles. The van der Waals surface area contributed by atoms with Crippen molar-refractivity contribution >= 4 is 17.6 Å². The lowest BCUT2D eigenvalue weighted by Crippen LogP contribution is -2.38. The highest BCUT2D eigenvalue weighted by Crippen LogP contribution is 2.22. The van der Waals surface area contributed by atoms with Crippen LogP contribution < -0.4 is 0 Å². The summed E-state index contributed by atoms with van der Waals surface area (Å²) in [6.07, 6.45) is 2.49. The van der Waals surface area contributed by atoms with Crippen molar-refractivity contribution in [2.24, 2.45) is 0 Å². The molecule has 0 aliphatic carbocycles. The molecule has 1 unspecified atom stereocenters. The number of nitrogens with zero attached hydrogens (tertiary/aromatic N) is 1. The van der Waals surface area contributed by atoms with Crippen LogP contribution in [-0.2, 0) is 11.3 Å². The highest BCUT2D eigenvalue weighted by Gasteiger charge is 2.20. The third kappa shape index (κ3) is 3.69. The molecule has 1 aliphatic rings. The predicted molar refractivity (Wildman–Crippen MR) is 73.7 cm³/mol. The standard InChI is InChI=1S/C14H18ClNO3/c1-19-12-3-2-6-16(9-12)8-11-5-4-10(14(17)18)7-13(11)15/h4-5,7,12H,2-3,6,8-9H2,1H3,(H,17,18). The number of hydrogen-bond donors (Lipinski definition) is 1. The Morgan fingerprint density at radius 1 is 1.58 bits per heavy atom. The molecule has 0 amide bonds. The minimum Gasteiger partial charge on any atom is -0.478 e. The zero-order valence-corrected chi connectivity index (χ0v) is 11.7. The van der Waals surface area contributed by atoms with Gasteiger partial charge in [0.05, 0.1) is 11.7 Å². The van der Waals surface area contributed by atoms with Crippen LogP contribution in [0.1, 0.15) is 28.8 Å². The van der Waals surface area contributed by atoms with Gasteiger partial charge in [0.2, 0.25) is 0 Å². The van der Waals surface area contributed by atoms with E-state index in [-0.39, 0.29) is 11.7 Å². The fourth-order valence-corrected chi connectivity index (χ4v) is 2.64. The maximum Gasteiger partial charge on any atom is 0.335 e. The Labute approximate surface area is 117 Å². The van der Waals surface area contributed by atoms with Gasteiger partial charge in [-0.1, -0.05) is 17.7 Å². The number of carbonyl (C=O) groups is 1. The lowest BCUT2D eigenvalue weighted by atomic mass is 10.1. The van der Waals surface area contributed by atoms with Crippen LogP contribution in [0.25, 0.3) is 0 Å². The van der Waals surface area contributed by atoms with Crippen LogP contribution in [-0.4, -0.2) is 42.3 Å². The molecule has 4 nitrogen and oxygen atoms in total. The Kier molecular flexibility index (Phi) is 4.80. The number of carboxylic acids is 1. The monoisotopic (exact) mass is 283 g/mol. The van der Waals surface area contributed by atoms with Crippen LogP contribution in [0.15, 0.2) is 18.2 Å². The summed E-state index contributed by atoms with van der Waals surface area (Å²) in [4.78, 5) is 13.1. The summed E-state index contributed by atoms with van der Waals surface area (Å²) >= 11 is 6.14. The summed E-state index contributed by atoms with van der Waals surface area (Å²) in [7, 11) is 1.74. The van der Waals surface area contributed by atoms with Crippen molar-refractivity contribution in [3.63, 3.8) is 0 Å². The molecular formula is C14H18ClNO3. The van der Waals surface area contributed by atoms with Crippen molar-refractivity contribution in [2.75, 3.05) is 20.2 Å². The first-order chi connectivity index (χ1) is 9.10. The van der Waals surface area contributed by atoms with Gasteiger partial charge in [-0.25, -0.2) is 4.79 Å². The minimum absolute atomic E-state index is 0.224. The number of methoxy groups -OCH3 is 1. The fourth-order valence-electron chi connectivity index (χ4n) is 2.40. The van der Waals surface area contributed by atoms with Gasteiger partial charge in [0.25, 0.3) is 0 Å². The Morgan fingerprint density at radius 2 is 2.37 bits per heavy atom. The van der Waals surface area contributed by atoms with Crippen molar-refractivity contribution in [3.05, 3.63) is 34.3 Å². The molecule has 1 heterocycles. The Morgan fingerprint density at radius 3 is 3.00 bits per heavy atom. The first-order valence-electron chi connectivity index (χ1n) is 6.37. The maximum absolute atomic E-state index is 10.9. The molecule has 1 fully saturated rings. The average molecular weight is 284 g/mol. The summed E-state index contributed by atoms with van der Waals surface area (Å²) in [6, 6.07) is 4.90. The van der Waals surface area contributed by atoms with Gasteiger partial charge in [0.15, 0.2) is 0 Å². The number of ether oxygens (including phenoxy) is 1. The normalized spacial score (nSPS) is 20.4. The van der Waals surface area contributed by atoms with E-state index in [0.29, 0.717) is 5.02 Å². The van der Waals surface area contributed by atoms with Crippen molar-refractivity contribution in [1.82, 2.24) is 4.90 Å². The highest BCUT2D eigenvalue weighted by molar-refractivity contribution is 6.31. The van der Waals surface area contributed by atoms with Gasteiger partial charge in [0.1, 0.15) is 0 Å². The van der Waals surface area contributed by atoms with Crippen LogP contribution in [0.4, 0.5) is 0 Å². The van der Waals surface area contributed by atoms with E-state index in [2.05, 4.69) is 4.90 Å². The molecule has 1 aliphatic heterocycles. The fraction of sp³-hybridized carbons (Fsp3) is 0.500. The molecule has 1 saturated heterocycles. The van der Waals surface area contributed by atoms with Crippen molar-refractivity contribution < 1.29 is 14.6 Å². The zero-order chi connectivity index (χ0) is 13.8. The SMILES string of the molecule is COC1CCCN(Cc2ccc(C(=O)O)cc2Cl)C1. The molecule has 0 bridgehead atoms. The summed E-state index contributed by atoms with van der Waals surface area (Å²) in [5.41, 5.74) is 1.19. The highest BCUT2D eigenvalue weighted by atomic mass is 35.5. The third-order valence-corrected chi connectivity index (χ3v) is 3.84. The van der Waals surface area contributed by atoms with E-state index in [1.807, 2.05) is 0 Å². The van der Waals surface area contributed by atoms with Crippen molar-refractivity contribution in [3.8, 4) is 0 Å². The lowest BCUT2D eigenvalue weighted by Gasteiger charge is -2.32. The van der Waals surface area contributed by atoms with E-state index in [1.165, 1.54) is 6.07 Å². The first-order valence-corrected chi connectivity index (χ1v) is 6.75. The van der Waals surface area contributed by atoms with Gasteiger partial charge in [-0.2, -0.15) is 0 Å². The number of carboxylic acid groups (broad SMARTS) is 1. The quantitative estimate of drug-likeness (QED) is 0.923. The van der Waals surface area contributed by atoms with Crippen LogP contribution in [0.3, 0.4) is 0 Å². The number of rotatable bonds is 4. The Balaban J connectivity index is 2.04. The minimum atomic E-state index is -0.953. The van der Waals surface area contributed by atoms with Crippen LogP contribution in [0.2, 0.25) is 5.02 Å². The number of aromatic carboxylic acids is 1. The molecular weight excluding hydrogens is 266 g/mol. The van der Waals surface area contributed by atoms with Gasteiger partial charge in [0, 0.05) is 25.2 Å². The number of likely N-dealkylation sites (tertiary alicyclic amines) is 1. The van der Waals surface area contributed by atoms with E-state index in [9.17, 15) is 4.79 Å². The molecule has 5 heteroatoms. The van der Waals surface area contributed by atoms with E-state index >= 15 is 0 Å². The van der Waals surface area contributed by atoms with Gasteiger partial charge in [-0.15, -0.1) is 0 Å². The number of halogens is 1. The summed E-state index contributed by atoms with van der Waals surface area (Å²) in [5, 5.41) is 9.42. The predicted octanol–water partition coefficient (Wildman–Crippen LogP) is 2.65. The van der Waals surface area contributed by atoms with E-state index in [1.54, 1.807) is 19.2 Å².